The lowest BCUT2D eigenvalue weighted by atomic mass is 10.2. The minimum atomic E-state index is -0.802. The molecule has 0 aromatic carbocycles. The fourth-order valence-corrected chi connectivity index (χ4v) is 2.75. The SMILES string of the molecule is CCOC(=O)[C@]1(n2nc(N)c3ccc(Cl)nc32)C[C@@H]1C. The number of hydrogen-bond donors (Lipinski definition) is 1. The van der Waals surface area contributed by atoms with Gasteiger partial charge in [0.15, 0.2) is 17.0 Å². The minimum absolute atomic E-state index is 0.129. The Balaban J connectivity index is 2.19. The van der Waals surface area contributed by atoms with Gasteiger partial charge < -0.3 is 10.5 Å². The highest BCUT2D eigenvalue weighted by molar-refractivity contribution is 6.29. The smallest absolute Gasteiger partial charge is 0.334 e. The molecular formula is C13H15ClN4O2. The number of pyridine rings is 1. The zero-order valence-electron chi connectivity index (χ0n) is 11.3. The Morgan fingerprint density at radius 1 is 1.65 bits per heavy atom. The van der Waals surface area contributed by atoms with Gasteiger partial charge in [-0.25, -0.2) is 14.5 Å². The molecule has 106 valence electrons. The molecule has 2 aromatic rings. The normalized spacial score (nSPS) is 24.9. The first-order valence-corrected chi connectivity index (χ1v) is 6.87. The average Bonchev–Trinajstić information content (AvgIpc) is 2.98. The third kappa shape index (κ3) is 1.67. The number of carbonyl (C=O) groups excluding carboxylic acids is 1. The molecule has 0 aliphatic heterocycles. The monoisotopic (exact) mass is 294 g/mol. The Kier molecular flexibility index (Phi) is 2.86. The average molecular weight is 295 g/mol. The van der Waals surface area contributed by atoms with Crippen LogP contribution >= 0.6 is 11.6 Å². The third-order valence-electron chi connectivity index (χ3n) is 3.80. The summed E-state index contributed by atoms with van der Waals surface area (Å²) in [7, 11) is 0. The second-order valence-corrected chi connectivity index (χ2v) is 5.44. The summed E-state index contributed by atoms with van der Waals surface area (Å²) in [6, 6.07) is 3.41. The van der Waals surface area contributed by atoms with Crippen LogP contribution in [0.15, 0.2) is 12.1 Å². The van der Waals surface area contributed by atoms with Gasteiger partial charge in [0.1, 0.15) is 5.15 Å². The summed E-state index contributed by atoms with van der Waals surface area (Å²) >= 11 is 5.94. The Bertz CT molecular complexity index is 699. The van der Waals surface area contributed by atoms with Crippen molar-refractivity contribution < 1.29 is 9.53 Å². The molecule has 2 aromatic heterocycles. The molecule has 6 nitrogen and oxygen atoms in total. The zero-order valence-corrected chi connectivity index (χ0v) is 12.0. The molecule has 3 rings (SSSR count). The topological polar surface area (TPSA) is 83.0 Å². The number of aromatic nitrogens is 3. The zero-order chi connectivity index (χ0) is 14.5. The van der Waals surface area contributed by atoms with Crippen molar-refractivity contribution in [2.24, 2.45) is 5.92 Å². The minimum Gasteiger partial charge on any atom is -0.464 e. The van der Waals surface area contributed by atoms with Crippen molar-refractivity contribution in [2.45, 2.75) is 25.8 Å². The lowest BCUT2D eigenvalue weighted by Gasteiger charge is -2.16. The van der Waals surface area contributed by atoms with Crippen molar-refractivity contribution >= 4 is 34.4 Å². The maximum atomic E-state index is 12.3. The quantitative estimate of drug-likeness (QED) is 0.691. The summed E-state index contributed by atoms with van der Waals surface area (Å²) in [4.78, 5) is 16.5. The van der Waals surface area contributed by atoms with E-state index in [1.165, 1.54) is 0 Å². The van der Waals surface area contributed by atoms with E-state index in [4.69, 9.17) is 22.1 Å². The molecule has 1 aliphatic rings. The van der Waals surface area contributed by atoms with E-state index in [9.17, 15) is 4.79 Å². The summed E-state index contributed by atoms with van der Waals surface area (Å²) in [5.74, 6) is 0.176. The molecule has 0 spiro atoms. The summed E-state index contributed by atoms with van der Waals surface area (Å²) in [6.07, 6.45) is 0.663. The van der Waals surface area contributed by atoms with Gasteiger partial charge in [-0.05, 0) is 31.4 Å². The molecule has 0 radical (unpaired) electrons. The first-order valence-electron chi connectivity index (χ1n) is 6.49. The second-order valence-electron chi connectivity index (χ2n) is 5.05. The van der Waals surface area contributed by atoms with Crippen molar-refractivity contribution in [1.82, 2.24) is 14.8 Å². The fourth-order valence-electron chi connectivity index (χ4n) is 2.60. The predicted octanol–water partition coefficient (Wildman–Crippen LogP) is 1.97. The van der Waals surface area contributed by atoms with Gasteiger partial charge in [-0.1, -0.05) is 18.5 Å². The summed E-state index contributed by atoms with van der Waals surface area (Å²) in [6.45, 7) is 4.09. The molecule has 1 aliphatic carbocycles. The molecular weight excluding hydrogens is 280 g/mol. The van der Waals surface area contributed by atoms with Crippen LogP contribution in [0.5, 0.6) is 0 Å². The van der Waals surface area contributed by atoms with Gasteiger partial charge in [0, 0.05) is 0 Å². The van der Waals surface area contributed by atoms with Crippen LogP contribution in [0.3, 0.4) is 0 Å². The number of halogens is 1. The number of carbonyl (C=O) groups is 1. The van der Waals surface area contributed by atoms with Gasteiger partial charge in [0.05, 0.1) is 12.0 Å². The standard InChI is InChI=1S/C13H15ClN4O2/c1-3-20-12(19)13(6-7(13)2)18-11-8(10(15)17-18)4-5-9(14)16-11/h4-5,7H,3,6H2,1-2H3,(H2,15,17)/t7-,13-/m0/s1. The van der Waals surface area contributed by atoms with Crippen molar-refractivity contribution in [2.75, 3.05) is 12.3 Å². The third-order valence-corrected chi connectivity index (χ3v) is 4.02. The summed E-state index contributed by atoms with van der Waals surface area (Å²) in [5, 5.41) is 5.32. The molecule has 2 atom stereocenters. The molecule has 1 saturated carbocycles. The number of rotatable bonds is 3. The largest absolute Gasteiger partial charge is 0.464 e. The Labute approximate surface area is 120 Å². The van der Waals surface area contributed by atoms with E-state index in [2.05, 4.69) is 10.1 Å². The van der Waals surface area contributed by atoms with Crippen molar-refractivity contribution in [3.8, 4) is 0 Å². The lowest BCUT2D eigenvalue weighted by Crippen LogP contribution is -2.33. The number of ether oxygens (including phenoxy) is 1. The Morgan fingerprint density at radius 2 is 2.35 bits per heavy atom. The van der Waals surface area contributed by atoms with Gasteiger partial charge in [0.2, 0.25) is 0 Å². The number of fused-ring (bicyclic) bond motifs is 1. The summed E-state index contributed by atoms with van der Waals surface area (Å²) < 4.78 is 6.76. The molecule has 7 heteroatoms. The van der Waals surface area contributed by atoms with Crippen LogP contribution in [-0.4, -0.2) is 27.3 Å². The van der Waals surface area contributed by atoms with Crippen LogP contribution in [0.1, 0.15) is 20.3 Å². The molecule has 2 heterocycles. The van der Waals surface area contributed by atoms with Gasteiger partial charge in [-0.15, -0.1) is 0 Å². The van der Waals surface area contributed by atoms with E-state index >= 15 is 0 Å². The maximum absolute atomic E-state index is 12.3. The van der Waals surface area contributed by atoms with Crippen molar-refractivity contribution in [3.63, 3.8) is 0 Å². The van der Waals surface area contributed by atoms with Crippen LogP contribution in [0.2, 0.25) is 5.15 Å². The molecule has 0 unspecified atom stereocenters. The summed E-state index contributed by atoms with van der Waals surface area (Å²) in [5.41, 5.74) is 5.62. The van der Waals surface area contributed by atoms with Crippen molar-refractivity contribution in [3.05, 3.63) is 17.3 Å². The van der Waals surface area contributed by atoms with Gasteiger partial charge in [0.25, 0.3) is 0 Å². The highest BCUT2D eigenvalue weighted by Gasteiger charge is 2.62. The highest BCUT2D eigenvalue weighted by atomic mass is 35.5. The first-order chi connectivity index (χ1) is 9.50. The number of nitrogens with two attached hydrogens (primary N) is 1. The van der Waals surface area contributed by atoms with E-state index < -0.39 is 5.54 Å². The highest BCUT2D eigenvalue weighted by Crippen LogP contribution is 2.52. The van der Waals surface area contributed by atoms with E-state index in [1.807, 2.05) is 6.92 Å². The Hall–Kier alpha value is -1.82. The molecule has 1 fully saturated rings. The lowest BCUT2D eigenvalue weighted by molar-refractivity contribution is -0.149. The number of esters is 1. The van der Waals surface area contributed by atoms with Gasteiger partial charge in [-0.3, -0.25) is 0 Å². The van der Waals surface area contributed by atoms with Crippen LogP contribution in [-0.2, 0) is 15.1 Å². The molecule has 0 bridgehead atoms. The molecule has 2 N–H and O–H groups in total. The van der Waals surface area contributed by atoms with E-state index in [1.54, 1.807) is 23.7 Å². The van der Waals surface area contributed by atoms with E-state index in [-0.39, 0.29) is 11.9 Å². The van der Waals surface area contributed by atoms with E-state index in [0.717, 1.165) is 0 Å². The van der Waals surface area contributed by atoms with Crippen molar-refractivity contribution in [1.29, 1.82) is 0 Å². The van der Waals surface area contributed by atoms with Crippen LogP contribution in [0.4, 0.5) is 5.82 Å². The van der Waals surface area contributed by atoms with Crippen LogP contribution in [0.25, 0.3) is 11.0 Å². The first kappa shape index (κ1) is 13.2. The number of nitrogens with zero attached hydrogens (tertiary/aromatic N) is 3. The maximum Gasteiger partial charge on any atom is 0.334 e. The van der Waals surface area contributed by atoms with E-state index in [0.29, 0.717) is 35.0 Å². The molecule has 0 amide bonds. The number of hydrogen-bond acceptors (Lipinski definition) is 5. The second kappa shape index (κ2) is 4.34. The fraction of sp³-hybridized carbons (Fsp3) is 0.462. The number of anilines is 1. The predicted molar refractivity (Wildman–Crippen MR) is 75.3 cm³/mol. The van der Waals surface area contributed by atoms with Crippen LogP contribution in [0, 0.1) is 5.92 Å². The molecule has 20 heavy (non-hydrogen) atoms. The van der Waals surface area contributed by atoms with Gasteiger partial charge >= 0.3 is 5.97 Å². The number of nitrogen functional groups attached to an aromatic ring is 1. The van der Waals surface area contributed by atoms with Crippen LogP contribution < -0.4 is 5.73 Å². The molecule has 0 saturated heterocycles. The Morgan fingerprint density at radius 3 is 2.95 bits per heavy atom. The van der Waals surface area contributed by atoms with Gasteiger partial charge in [-0.2, -0.15) is 5.10 Å².